The van der Waals surface area contributed by atoms with Crippen LogP contribution in [0.5, 0.6) is 0 Å². The number of rotatable bonds is 0. The van der Waals surface area contributed by atoms with Gasteiger partial charge in [0, 0.05) is 0 Å². The largest absolute Gasteiger partial charge is 0.0619 e. The fourth-order valence-electron chi connectivity index (χ4n) is 6.84. The third-order valence-corrected chi connectivity index (χ3v) is 6.40. The quantitative estimate of drug-likeness (QED) is 0.456. The van der Waals surface area contributed by atoms with Gasteiger partial charge in [-0.2, -0.15) is 0 Å². The highest BCUT2D eigenvalue weighted by Gasteiger charge is 2.54. The molecule has 0 saturated heterocycles. The summed E-state index contributed by atoms with van der Waals surface area (Å²) in [6.07, 6.45) is 0. The zero-order valence-electron chi connectivity index (χ0n) is 17.0. The van der Waals surface area contributed by atoms with Gasteiger partial charge in [-0.15, -0.1) is 0 Å². The predicted molar refractivity (Wildman–Crippen MR) is 96.3 cm³/mol. The van der Waals surface area contributed by atoms with E-state index in [0.717, 1.165) is 35.5 Å². The molecular formula is C21H42. The highest BCUT2D eigenvalue weighted by Crippen LogP contribution is 2.60. The van der Waals surface area contributed by atoms with Crippen LogP contribution in [-0.4, -0.2) is 0 Å². The van der Waals surface area contributed by atoms with E-state index in [1.807, 2.05) is 0 Å². The average Bonchev–Trinajstić information content (AvgIpc) is 2.07. The first-order valence-electron chi connectivity index (χ1n) is 9.10. The molecule has 126 valence electrons. The first kappa shape index (κ1) is 19.0. The van der Waals surface area contributed by atoms with Crippen LogP contribution in [0.1, 0.15) is 83.1 Å². The van der Waals surface area contributed by atoms with Gasteiger partial charge in [-0.1, -0.05) is 83.1 Å². The topological polar surface area (TPSA) is 0 Å². The lowest BCUT2D eigenvalue weighted by Crippen LogP contribution is -2.54. The summed E-state index contributed by atoms with van der Waals surface area (Å²) in [5.74, 6) is 4.82. The molecule has 0 amide bonds. The minimum Gasteiger partial charge on any atom is -0.0619 e. The van der Waals surface area contributed by atoms with E-state index < -0.39 is 0 Å². The Balaban J connectivity index is 3.38. The lowest BCUT2D eigenvalue weighted by Gasteiger charge is -2.60. The summed E-state index contributed by atoms with van der Waals surface area (Å²) in [5.41, 5.74) is 1.18. The van der Waals surface area contributed by atoms with Gasteiger partial charge in [0.1, 0.15) is 0 Å². The number of hydrogen-bond donors (Lipinski definition) is 0. The van der Waals surface area contributed by atoms with Crippen molar-refractivity contribution in [3.63, 3.8) is 0 Å². The van der Waals surface area contributed by atoms with Crippen LogP contribution in [0.15, 0.2) is 0 Å². The molecule has 0 aliphatic heterocycles. The van der Waals surface area contributed by atoms with Gasteiger partial charge >= 0.3 is 0 Å². The van der Waals surface area contributed by atoms with Crippen LogP contribution in [0.2, 0.25) is 0 Å². The van der Waals surface area contributed by atoms with E-state index in [-0.39, 0.29) is 0 Å². The Labute approximate surface area is 135 Å². The molecule has 0 atom stereocenters. The summed E-state index contributed by atoms with van der Waals surface area (Å²) in [5, 5.41) is 0. The van der Waals surface area contributed by atoms with Crippen LogP contribution >= 0.6 is 0 Å². The standard InChI is InChI=1S/C21H42/c1-13-16(19(4,5)6)14(2)18(21(10,11)12)15(3)17(13)20(7,8)9/h13-18H,1-12H3. The third kappa shape index (κ3) is 3.67. The molecule has 0 aromatic carbocycles. The van der Waals surface area contributed by atoms with E-state index in [9.17, 15) is 0 Å². The van der Waals surface area contributed by atoms with E-state index in [2.05, 4.69) is 83.1 Å². The average molecular weight is 295 g/mol. The van der Waals surface area contributed by atoms with Crippen molar-refractivity contribution < 1.29 is 0 Å². The second-order valence-electron chi connectivity index (χ2n) is 11.3. The molecule has 0 radical (unpaired) electrons. The summed E-state index contributed by atoms with van der Waals surface area (Å²) in [6, 6.07) is 0. The summed E-state index contributed by atoms with van der Waals surface area (Å²) >= 11 is 0. The van der Waals surface area contributed by atoms with Crippen molar-refractivity contribution in [2.75, 3.05) is 0 Å². The van der Waals surface area contributed by atoms with Crippen LogP contribution in [0.3, 0.4) is 0 Å². The summed E-state index contributed by atoms with van der Waals surface area (Å²) in [6.45, 7) is 29.7. The van der Waals surface area contributed by atoms with Gasteiger partial charge in [0.2, 0.25) is 0 Å². The van der Waals surface area contributed by atoms with Crippen LogP contribution in [-0.2, 0) is 0 Å². The van der Waals surface area contributed by atoms with Crippen molar-refractivity contribution in [2.45, 2.75) is 83.1 Å². The van der Waals surface area contributed by atoms with Gasteiger partial charge in [-0.05, 0) is 51.8 Å². The molecule has 0 spiro atoms. The zero-order chi connectivity index (χ0) is 17.0. The first-order chi connectivity index (χ1) is 9.10. The van der Waals surface area contributed by atoms with Gasteiger partial charge in [-0.3, -0.25) is 0 Å². The molecule has 0 bridgehead atoms. The Bertz CT molecular complexity index is 275. The van der Waals surface area contributed by atoms with Crippen LogP contribution < -0.4 is 0 Å². The Morgan fingerprint density at radius 3 is 0.619 bits per heavy atom. The van der Waals surface area contributed by atoms with Crippen molar-refractivity contribution in [1.29, 1.82) is 0 Å². The van der Waals surface area contributed by atoms with Gasteiger partial charge in [0.25, 0.3) is 0 Å². The maximum absolute atomic E-state index is 2.54. The minimum absolute atomic E-state index is 0.395. The van der Waals surface area contributed by atoms with Crippen LogP contribution in [0.4, 0.5) is 0 Å². The van der Waals surface area contributed by atoms with E-state index >= 15 is 0 Å². The molecule has 0 nitrogen and oxygen atoms in total. The van der Waals surface area contributed by atoms with Gasteiger partial charge in [0.05, 0.1) is 0 Å². The minimum atomic E-state index is 0.395. The second-order valence-corrected chi connectivity index (χ2v) is 11.3. The first-order valence-corrected chi connectivity index (χ1v) is 9.10. The molecule has 1 rings (SSSR count). The highest BCUT2D eigenvalue weighted by atomic mass is 14.6. The molecular weight excluding hydrogens is 252 g/mol. The molecule has 21 heavy (non-hydrogen) atoms. The van der Waals surface area contributed by atoms with Gasteiger partial charge < -0.3 is 0 Å². The van der Waals surface area contributed by atoms with Crippen molar-refractivity contribution in [3.8, 4) is 0 Å². The summed E-state index contributed by atoms with van der Waals surface area (Å²) in [4.78, 5) is 0. The third-order valence-electron chi connectivity index (χ3n) is 6.40. The Morgan fingerprint density at radius 2 is 0.524 bits per heavy atom. The molecule has 1 fully saturated rings. The van der Waals surface area contributed by atoms with Crippen molar-refractivity contribution in [2.24, 2.45) is 51.8 Å². The van der Waals surface area contributed by atoms with Gasteiger partial charge in [-0.25, -0.2) is 0 Å². The lowest BCUT2D eigenvalue weighted by atomic mass is 9.45. The number of hydrogen-bond acceptors (Lipinski definition) is 0. The van der Waals surface area contributed by atoms with Crippen molar-refractivity contribution in [1.82, 2.24) is 0 Å². The fraction of sp³-hybridized carbons (Fsp3) is 1.00. The van der Waals surface area contributed by atoms with E-state index in [0.29, 0.717) is 16.2 Å². The fourth-order valence-corrected chi connectivity index (χ4v) is 6.84. The Hall–Kier alpha value is 0. The summed E-state index contributed by atoms with van der Waals surface area (Å²) < 4.78 is 0. The van der Waals surface area contributed by atoms with Crippen LogP contribution in [0, 0.1) is 51.8 Å². The van der Waals surface area contributed by atoms with E-state index in [1.54, 1.807) is 0 Å². The lowest BCUT2D eigenvalue weighted by molar-refractivity contribution is -0.118. The second kappa shape index (κ2) is 5.57. The maximum atomic E-state index is 2.54. The normalized spacial score (nSPS) is 39.4. The Kier molecular flexibility index (Phi) is 5.05. The molecule has 0 aromatic rings. The van der Waals surface area contributed by atoms with E-state index in [1.165, 1.54) is 0 Å². The summed E-state index contributed by atoms with van der Waals surface area (Å²) in [7, 11) is 0. The van der Waals surface area contributed by atoms with Crippen molar-refractivity contribution in [3.05, 3.63) is 0 Å². The van der Waals surface area contributed by atoms with Crippen LogP contribution in [0.25, 0.3) is 0 Å². The monoisotopic (exact) mass is 294 g/mol. The van der Waals surface area contributed by atoms with E-state index in [4.69, 9.17) is 0 Å². The maximum Gasteiger partial charge on any atom is -0.0308 e. The molecule has 1 aliphatic rings. The Morgan fingerprint density at radius 1 is 0.381 bits per heavy atom. The SMILES string of the molecule is CC1C(C(C)(C)C)C(C)C(C(C)(C)C)C(C)C1C(C)(C)C. The molecule has 0 aromatic heterocycles. The smallest absolute Gasteiger partial charge is 0.0308 e. The molecule has 0 heterocycles. The molecule has 1 aliphatic carbocycles. The van der Waals surface area contributed by atoms with Crippen molar-refractivity contribution >= 4 is 0 Å². The molecule has 1 saturated carbocycles. The predicted octanol–water partition coefficient (Wildman–Crippen LogP) is 6.90. The highest BCUT2D eigenvalue weighted by molar-refractivity contribution is 5.02. The van der Waals surface area contributed by atoms with Gasteiger partial charge in [0.15, 0.2) is 0 Å². The zero-order valence-corrected chi connectivity index (χ0v) is 17.0. The molecule has 0 N–H and O–H groups in total. The molecule has 0 heteroatoms. The molecule has 0 unspecified atom stereocenters.